The van der Waals surface area contributed by atoms with E-state index < -0.39 is 0 Å². The number of aliphatic imine (C=N–C) groups is 1. The van der Waals surface area contributed by atoms with E-state index in [1.54, 1.807) is 26.0 Å². The molecule has 0 bridgehead atoms. The minimum Gasteiger partial charge on any atom is -0.377 e. The summed E-state index contributed by atoms with van der Waals surface area (Å²) in [6.45, 7) is 3.53. The number of nitrogens with one attached hydrogen (secondary N) is 2. The predicted octanol–water partition coefficient (Wildman–Crippen LogP) is 3.29. The van der Waals surface area contributed by atoms with Crippen LogP contribution in [0.5, 0.6) is 0 Å². The van der Waals surface area contributed by atoms with Gasteiger partial charge in [0.2, 0.25) is 0 Å². The van der Waals surface area contributed by atoms with E-state index in [4.69, 9.17) is 0 Å². The highest BCUT2D eigenvalue weighted by Gasteiger charge is 2.09. The monoisotopic (exact) mass is 523 g/mol. The molecule has 0 aliphatic rings. The van der Waals surface area contributed by atoms with Crippen LogP contribution in [-0.2, 0) is 13.0 Å². The van der Waals surface area contributed by atoms with Gasteiger partial charge in [-0.05, 0) is 48.2 Å². The zero-order valence-electron chi connectivity index (χ0n) is 18.8. The van der Waals surface area contributed by atoms with Crippen LogP contribution in [0.4, 0.5) is 5.69 Å². The largest absolute Gasteiger partial charge is 0.377 e. The molecule has 0 spiro atoms. The van der Waals surface area contributed by atoms with Crippen LogP contribution in [-0.4, -0.2) is 58.5 Å². The number of halogens is 1. The molecular formula is C23H34IN5O. The topological polar surface area (TPSA) is 60.0 Å². The SMILES string of the molecule is CN=C(NCCc1cccc(C(=O)N(C)C)c1)NCc1ccc(C)cc1N(C)C.I. The number of benzene rings is 2. The first-order valence-corrected chi connectivity index (χ1v) is 9.83. The number of anilines is 1. The second-order valence-corrected chi connectivity index (χ2v) is 7.53. The lowest BCUT2D eigenvalue weighted by Crippen LogP contribution is -2.38. The number of hydrogen-bond donors (Lipinski definition) is 2. The van der Waals surface area contributed by atoms with Gasteiger partial charge in [-0.2, -0.15) is 0 Å². The molecular weight excluding hydrogens is 489 g/mol. The maximum Gasteiger partial charge on any atom is 0.253 e. The minimum atomic E-state index is 0. The number of carbonyl (C=O) groups is 1. The fourth-order valence-electron chi connectivity index (χ4n) is 3.08. The van der Waals surface area contributed by atoms with Gasteiger partial charge in [-0.3, -0.25) is 9.79 Å². The first-order valence-electron chi connectivity index (χ1n) is 9.83. The number of hydrogen-bond acceptors (Lipinski definition) is 3. The number of carbonyl (C=O) groups excluding carboxylic acids is 1. The molecule has 6 nitrogen and oxygen atoms in total. The van der Waals surface area contributed by atoms with Gasteiger partial charge in [0.15, 0.2) is 5.96 Å². The molecule has 0 saturated carbocycles. The van der Waals surface area contributed by atoms with Crippen molar-refractivity contribution in [2.24, 2.45) is 4.99 Å². The van der Waals surface area contributed by atoms with Crippen molar-refractivity contribution in [1.82, 2.24) is 15.5 Å². The third kappa shape index (κ3) is 7.51. The van der Waals surface area contributed by atoms with Crippen molar-refractivity contribution in [2.75, 3.05) is 46.7 Å². The van der Waals surface area contributed by atoms with Gasteiger partial charge < -0.3 is 20.4 Å². The molecule has 0 aromatic heterocycles. The normalized spacial score (nSPS) is 10.8. The molecule has 0 aliphatic carbocycles. The van der Waals surface area contributed by atoms with Crippen molar-refractivity contribution in [3.05, 3.63) is 64.7 Å². The van der Waals surface area contributed by atoms with E-state index in [1.165, 1.54) is 16.8 Å². The highest BCUT2D eigenvalue weighted by Crippen LogP contribution is 2.20. The zero-order chi connectivity index (χ0) is 21.4. The number of amides is 1. The van der Waals surface area contributed by atoms with Gasteiger partial charge in [-0.1, -0.05) is 24.3 Å². The number of guanidine groups is 1. The predicted molar refractivity (Wildman–Crippen MR) is 137 cm³/mol. The summed E-state index contributed by atoms with van der Waals surface area (Å²) in [5, 5.41) is 6.73. The Hall–Kier alpha value is -2.29. The molecule has 0 unspecified atom stereocenters. The van der Waals surface area contributed by atoms with Crippen LogP contribution in [0.3, 0.4) is 0 Å². The highest BCUT2D eigenvalue weighted by molar-refractivity contribution is 14.0. The van der Waals surface area contributed by atoms with Crippen molar-refractivity contribution < 1.29 is 4.79 Å². The van der Waals surface area contributed by atoms with Gasteiger partial charge in [-0.25, -0.2) is 0 Å². The summed E-state index contributed by atoms with van der Waals surface area (Å²) in [4.78, 5) is 20.2. The Kier molecular flexibility index (Phi) is 10.7. The van der Waals surface area contributed by atoms with E-state index in [9.17, 15) is 4.79 Å². The van der Waals surface area contributed by atoms with E-state index in [1.807, 2.05) is 24.3 Å². The first kappa shape index (κ1) is 25.7. The van der Waals surface area contributed by atoms with E-state index >= 15 is 0 Å². The molecule has 164 valence electrons. The molecule has 2 aromatic rings. The average molecular weight is 523 g/mol. The molecule has 0 aliphatic heterocycles. The molecule has 0 radical (unpaired) electrons. The van der Waals surface area contributed by atoms with Gasteiger partial charge in [0.25, 0.3) is 5.91 Å². The molecule has 2 N–H and O–H groups in total. The quantitative estimate of drug-likeness (QED) is 0.332. The van der Waals surface area contributed by atoms with E-state index in [0.29, 0.717) is 12.1 Å². The molecule has 7 heteroatoms. The standard InChI is InChI=1S/C23H33N5O.HI/c1-17-10-11-20(21(14-17)27(3)4)16-26-23(24-2)25-13-12-18-8-7-9-19(15-18)22(29)28(5)6;/h7-11,14-15H,12-13,16H2,1-6H3,(H2,24,25,26);1H. The van der Waals surface area contributed by atoms with Crippen molar-refractivity contribution in [3.63, 3.8) is 0 Å². The zero-order valence-corrected chi connectivity index (χ0v) is 21.2. The van der Waals surface area contributed by atoms with Crippen molar-refractivity contribution in [1.29, 1.82) is 0 Å². The van der Waals surface area contributed by atoms with Crippen LogP contribution < -0.4 is 15.5 Å². The molecule has 0 fully saturated rings. The summed E-state index contributed by atoms with van der Waals surface area (Å²) >= 11 is 0. The number of nitrogens with zero attached hydrogens (tertiary/aromatic N) is 3. The third-order valence-electron chi connectivity index (χ3n) is 4.68. The lowest BCUT2D eigenvalue weighted by Gasteiger charge is -2.19. The van der Waals surface area contributed by atoms with E-state index in [2.05, 4.69) is 59.7 Å². The smallest absolute Gasteiger partial charge is 0.253 e. The second-order valence-electron chi connectivity index (χ2n) is 7.53. The summed E-state index contributed by atoms with van der Waals surface area (Å²) in [7, 11) is 9.42. The Morgan fingerprint density at radius 1 is 1.03 bits per heavy atom. The highest BCUT2D eigenvalue weighted by atomic mass is 127. The minimum absolute atomic E-state index is 0. The summed E-state index contributed by atoms with van der Waals surface area (Å²) in [5.74, 6) is 0.780. The first-order chi connectivity index (χ1) is 13.8. The molecule has 0 saturated heterocycles. The summed E-state index contributed by atoms with van der Waals surface area (Å²) in [6.07, 6.45) is 0.808. The van der Waals surface area contributed by atoms with Gasteiger partial charge in [0.1, 0.15) is 0 Å². The van der Waals surface area contributed by atoms with Gasteiger partial charge >= 0.3 is 0 Å². The van der Waals surface area contributed by atoms with Crippen LogP contribution >= 0.6 is 24.0 Å². The fraction of sp³-hybridized carbons (Fsp3) is 0.391. The summed E-state index contributed by atoms with van der Waals surface area (Å²) in [6, 6.07) is 14.2. The maximum absolute atomic E-state index is 12.1. The van der Waals surface area contributed by atoms with E-state index in [-0.39, 0.29) is 29.9 Å². The van der Waals surface area contributed by atoms with Gasteiger partial charge in [-0.15, -0.1) is 24.0 Å². The fourth-order valence-corrected chi connectivity index (χ4v) is 3.08. The Bertz CT molecular complexity index is 864. The Balaban J connectivity index is 0.00000450. The summed E-state index contributed by atoms with van der Waals surface area (Å²) in [5.41, 5.74) is 5.50. The Morgan fingerprint density at radius 3 is 2.40 bits per heavy atom. The van der Waals surface area contributed by atoms with Crippen molar-refractivity contribution >= 4 is 41.5 Å². The van der Waals surface area contributed by atoms with E-state index in [0.717, 1.165) is 24.5 Å². The Labute approximate surface area is 197 Å². The molecule has 2 aromatic carbocycles. The average Bonchev–Trinajstić information content (AvgIpc) is 2.70. The summed E-state index contributed by atoms with van der Waals surface area (Å²) < 4.78 is 0. The lowest BCUT2D eigenvalue weighted by molar-refractivity contribution is 0.0827. The number of aryl methyl sites for hydroxylation is 1. The van der Waals surface area contributed by atoms with Crippen molar-refractivity contribution in [2.45, 2.75) is 19.9 Å². The maximum atomic E-state index is 12.1. The second kappa shape index (κ2) is 12.4. The molecule has 30 heavy (non-hydrogen) atoms. The van der Waals surface area contributed by atoms with Crippen molar-refractivity contribution in [3.8, 4) is 0 Å². The van der Waals surface area contributed by atoms with Gasteiger partial charge in [0, 0.05) is 59.6 Å². The third-order valence-corrected chi connectivity index (χ3v) is 4.68. The molecule has 0 atom stereocenters. The molecule has 2 rings (SSSR count). The number of rotatable bonds is 7. The van der Waals surface area contributed by atoms with Crippen LogP contribution in [0.25, 0.3) is 0 Å². The van der Waals surface area contributed by atoms with Crippen LogP contribution in [0, 0.1) is 6.92 Å². The lowest BCUT2D eigenvalue weighted by atomic mass is 10.1. The van der Waals surface area contributed by atoms with Crippen LogP contribution in [0.2, 0.25) is 0 Å². The molecule has 0 heterocycles. The van der Waals surface area contributed by atoms with Crippen LogP contribution in [0.15, 0.2) is 47.5 Å². The van der Waals surface area contributed by atoms with Crippen LogP contribution in [0.1, 0.15) is 27.0 Å². The van der Waals surface area contributed by atoms with Gasteiger partial charge in [0.05, 0.1) is 0 Å². The Morgan fingerprint density at radius 2 is 1.77 bits per heavy atom. The molecule has 1 amide bonds.